The Morgan fingerprint density at radius 1 is 1.09 bits per heavy atom. The number of ketones is 1. The largest absolute Gasteiger partial charge is 0.454 e. The molecule has 9 heteroatoms. The monoisotopic (exact) mass is 463 g/mol. The van der Waals surface area contributed by atoms with Crippen LogP contribution in [-0.4, -0.2) is 57.4 Å². The molecule has 0 radical (unpaired) electrons. The van der Waals surface area contributed by atoms with Gasteiger partial charge in [-0.05, 0) is 36.6 Å². The molecule has 1 aliphatic heterocycles. The molecular weight excluding hydrogens is 437 g/mol. The van der Waals surface area contributed by atoms with Crippen molar-refractivity contribution in [3.63, 3.8) is 0 Å². The van der Waals surface area contributed by atoms with Gasteiger partial charge in [0.05, 0.1) is 23.7 Å². The van der Waals surface area contributed by atoms with Crippen molar-refractivity contribution in [3.05, 3.63) is 65.0 Å². The van der Waals surface area contributed by atoms with E-state index in [1.54, 1.807) is 12.1 Å². The SMILES string of the molecule is CCCCc1ccc(C(=O)COC(=O)c2cc(S(=O)(=O)N3CCOCC3)ccc2F)cc1. The summed E-state index contributed by atoms with van der Waals surface area (Å²) in [5.74, 6) is -2.46. The summed E-state index contributed by atoms with van der Waals surface area (Å²) in [6.07, 6.45) is 3.04. The zero-order chi connectivity index (χ0) is 23.1. The Balaban J connectivity index is 1.67. The van der Waals surface area contributed by atoms with E-state index in [1.165, 1.54) is 4.31 Å². The Kier molecular flexibility index (Phi) is 8.11. The number of Topliss-reactive ketones (excluding diaryl/α,β-unsaturated/α-hetero) is 1. The van der Waals surface area contributed by atoms with E-state index < -0.39 is 39.8 Å². The molecule has 1 aliphatic rings. The highest BCUT2D eigenvalue weighted by molar-refractivity contribution is 7.89. The zero-order valence-electron chi connectivity index (χ0n) is 17.9. The normalized spacial score (nSPS) is 14.8. The summed E-state index contributed by atoms with van der Waals surface area (Å²) in [5, 5.41) is 0. The number of esters is 1. The molecule has 0 atom stereocenters. The smallest absolute Gasteiger partial charge is 0.341 e. The fourth-order valence-electron chi connectivity index (χ4n) is 3.29. The maximum atomic E-state index is 14.2. The van der Waals surface area contributed by atoms with Crippen LogP contribution in [0.15, 0.2) is 47.4 Å². The molecule has 172 valence electrons. The molecule has 7 nitrogen and oxygen atoms in total. The Morgan fingerprint density at radius 3 is 2.44 bits per heavy atom. The van der Waals surface area contributed by atoms with Gasteiger partial charge >= 0.3 is 5.97 Å². The molecule has 0 unspecified atom stereocenters. The third-order valence-corrected chi connectivity index (χ3v) is 7.09. The number of carbonyl (C=O) groups excluding carboxylic acids is 2. The first-order valence-corrected chi connectivity index (χ1v) is 11.9. The second-order valence-corrected chi connectivity index (χ2v) is 9.40. The molecule has 3 rings (SSSR count). The third kappa shape index (κ3) is 5.79. The number of unbranched alkanes of at least 4 members (excludes halogenated alkanes) is 1. The van der Waals surface area contributed by atoms with Gasteiger partial charge in [-0.15, -0.1) is 0 Å². The number of hydrogen-bond acceptors (Lipinski definition) is 6. The molecule has 0 aromatic heterocycles. The predicted molar refractivity (Wildman–Crippen MR) is 116 cm³/mol. The minimum absolute atomic E-state index is 0.172. The van der Waals surface area contributed by atoms with E-state index >= 15 is 0 Å². The van der Waals surface area contributed by atoms with Crippen LogP contribution in [0.3, 0.4) is 0 Å². The lowest BCUT2D eigenvalue weighted by atomic mass is 10.0. The van der Waals surface area contributed by atoms with E-state index in [2.05, 4.69) is 6.92 Å². The maximum Gasteiger partial charge on any atom is 0.341 e. The first-order chi connectivity index (χ1) is 15.3. The van der Waals surface area contributed by atoms with Crippen LogP contribution in [0.25, 0.3) is 0 Å². The number of sulfonamides is 1. The molecule has 1 heterocycles. The Labute approximate surface area is 187 Å². The fraction of sp³-hybridized carbons (Fsp3) is 0.391. The number of hydrogen-bond donors (Lipinski definition) is 0. The van der Waals surface area contributed by atoms with Crippen LogP contribution in [0, 0.1) is 5.82 Å². The van der Waals surface area contributed by atoms with E-state index in [-0.39, 0.29) is 31.2 Å². The number of aryl methyl sites for hydroxylation is 1. The summed E-state index contributed by atoms with van der Waals surface area (Å²) >= 11 is 0. The van der Waals surface area contributed by atoms with Crippen molar-refractivity contribution in [3.8, 4) is 0 Å². The molecule has 1 saturated heterocycles. The lowest BCUT2D eigenvalue weighted by Crippen LogP contribution is -2.40. The van der Waals surface area contributed by atoms with Crippen molar-refractivity contribution in [2.24, 2.45) is 0 Å². The number of carbonyl (C=O) groups is 2. The number of morpholine rings is 1. The molecular formula is C23H26FNO6S. The van der Waals surface area contributed by atoms with Crippen molar-refractivity contribution in [1.82, 2.24) is 4.31 Å². The average Bonchev–Trinajstić information content (AvgIpc) is 2.82. The summed E-state index contributed by atoms with van der Waals surface area (Å²) in [5.41, 5.74) is 0.949. The molecule has 0 amide bonds. The van der Waals surface area contributed by atoms with Crippen molar-refractivity contribution < 1.29 is 31.9 Å². The van der Waals surface area contributed by atoms with Crippen LogP contribution in [0.1, 0.15) is 46.0 Å². The average molecular weight is 464 g/mol. The Hall–Kier alpha value is -2.62. The minimum Gasteiger partial charge on any atom is -0.454 e. The van der Waals surface area contributed by atoms with Gasteiger partial charge in [0.1, 0.15) is 5.82 Å². The molecule has 32 heavy (non-hydrogen) atoms. The summed E-state index contributed by atoms with van der Waals surface area (Å²) in [6.45, 7) is 2.39. The summed E-state index contributed by atoms with van der Waals surface area (Å²) in [6, 6.07) is 9.97. The van der Waals surface area contributed by atoms with Crippen molar-refractivity contribution in [2.45, 2.75) is 31.1 Å². The predicted octanol–water partition coefficient (Wildman–Crippen LogP) is 3.23. The van der Waals surface area contributed by atoms with E-state index in [4.69, 9.17) is 9.47 Å². The van der Waals surface area contributed by atoms with Crippen LogP contribution >= 0.6 is 0 Å². The quantitative estimate of drug-likeness (QED) is 0.419. The van der Waals surface area contributed by atoms with Crippen LogP contribution < -0.4 is 0 Å². The molecule has 0 bridgehead atoms. The van der Waals surface area contributed by atoms with Gasteiger partial charge in [-0.1, -0.05) is 37.6 Å². The minimum atomic E-state index is -3.91. The number of nitrogens with zero attached hydrogens (tertiary/aromatic N) is 1. The van der Waals surface area contributed by atoms with E-state index in [1.807, 2.05) is 12.1 Å². The van der Waals surface area contributed by atoms with Crippen LogP contribution in [0.4, 0.5) is 4.39 Å². The highest BCUT2D eigenvalue weighted by atomic mass is 32.2. The van der Waals surface area contributed by atoms with Gasteiger partial charge in [-0.2, -0.15) is 4.31 Å². The van der Waals surface area contributed by atoms with Crippen molar-refractivity contribution in [2.75, 3.05) is 32.9 Å². The number of rotatable bonds is 9. The second kappa shape index (κ2) is 10.8. The van der Waals surface area contributed by atoms with Gasteiger partial charge in [-0.25, -0.2) is 17.6 Å². The van der Waals surface area contributed by atoms with Gasteiger partial charge in [0.2, 0.25) is 10.0 Å². The van der Waals surface area contributed by atoms with Gasteiger partial charge in [-0.3, -0.25) is 4.79 Å². The molecule has 2 aromatic carbocycles. The molecule has 2 aromatic rings. The molecule has 0 aliphatic carbocycles. The van der Waals surface area contributed by atoms with E-state index in [0.29, 0.717) is 5.56 Å². The third-order valence-electron chi connectivity index (χ3n) is 5.19. The van der Waals surface area contributed by atoms with Gasteiger partial charge in [0.25, 0.3) is 0 Å². The summed E-state index contributed by atoms with van der Waals surface area (Å²) < 4.78 is 51.1. The zero-order valence-corrected chi connectivity index (χ0v) is 18.7. The van der Waals surface area contributed by atoms with E-state index in [9.17, 15) is 22.4 Å². The topological polar surface area (TPSA) is 90.0 Å². The first-order valence-electron chi connectivity index (χ1n) is 10.5. The second-order valence-electron chi connectivity index (χ2n) is 7.46. The van der Waals surface area contributed by atoms with Crippen LogP contribution in [0.5, 0.6) is 0 Å². The lowest BCUT2D eigenvalue weighted by molar-refractivity contribution is 0.0469. The lowest BCUT2D eigenvalue weighted by Gasteiger charge is -2.26. The summed E-state index contributed by atoms with van der Waals surface area (Å²) in [7, 11) is -3.91. The highest BCUT2D eigenvalue weighted by Crippen LogP contribution is 2.21. The number of ether oxygens (including phenoxy) is 2. The van der Waals surface area contributed by atoms with Crippen LogP contribution in [-0.2, 0) is 25.9 Å². The van der Waals surface area contributed by atoms with Crippen molar-refractivity contribution in [1.29, 1.82) is 0 Å². The van der Waals surface area contributed by atoms with Gasteiger partial charge < -0.3 is 9.47 Å². The van der Waals surface area contributed by atoms with Crippen LogP contribution in [0.2, 0.25) is 0 Å². The Bertz CT molecular complexity index is 1060. The molecule has 1 fully saturated rings. The molecule has 0 N–H and O–H groups in total. The standard InChI is InChI=1S/C23H26FNO6S/c1-2-3-4-17-5-7-18(8-6-17)22(26)16-31-23(27)20-15-19(9-10-21(20)24)32(28,29)25-11-13-30-14-12-25/h5-10,15H,2-4,11-14,16H2,1H3. The number of benzene rings is 2. The van der Waals surface area contributed by atoms with Crippen molar-refractivity contribution >= 4 is 21.8 Å². The van der Waals surface area contributed by atoms with Gasteiger partial charge in [0, 0.05) is 18.7 Å². The Morgan fingerprint density at radius 2 is 1.78 bits per heavy atom. The maximum absolute atomic E-state index is 14.2. The highest BCUT2D eigenvalue weighted by Gasteiger charge is 2.28. The van der Waals surface area contributed by atoms with E-state index in [0.717, 1.165) is 43.0 Å². The molecule has 0 saturated carbocycles. The fourth-order valence-corrected chi connectivity index (χ4v) is 4.72. The van der Waals surface area contributed by atoms with Gasteiger partial charge in [0.15, 0.2) is 12.4 Å². The summed E-state index contributed by atoms with van der Waals surface area (Å²) in [4.78, 5) is 24.5. The number of halogens is 1. The molecule has 0 spiro atoms. The first kappa shape index (κ1) is 24.0.